The number of oxazole rings is 1. The maximum atomic E-state index is 13.1. The van der Waals surface area contributed by atoms with Gasteiger partial charge in [-0.1, -0.05) is 42.1 Å². The van der Waals surface area contributed by atoms with E-state index in [1.54, 1.807) is 12.1 Å². The minimum Gasteiger partial charge on any atom is -0.431 e. The number of fused-ring (bicyclic) bond motifs is 1. The van der Waals surface area contributed by atoms with Crippen LogP contribution < -0.4 is 0 Å². The van der Waals surface area contributed by atoms with Crippen LogP contribution in [0.1, 0.15) is 11.1 Å². The lowest BCUT2D eigenvalue weighted by Gasteiger charge is -2.06. The number of rotatable bonds is 4. The van der Waals surface area contributed by atoms with E-state index in [0.29, 0.717) is 22.1 Å². The highest BCUT2D eigenvalue weighted by molar-refractivity contribution is 7.98. The first-order chi connectivity index (χ1) is 13.4. The summed E-state index contributed by atoms with van der Waals surface area (Å²) in [5.41, 5.74) is 3.09. The molecule has 0 N–H and O–H groups in total. The van der Waals surface area contributed by atoms with Gasteiger partial charge in [0.05, 0.1) is 5.56 Å². The Morgan fingerprint density at radius 1 is 0.857 bits per heavy atom. The van der Waals surface area contributed by atoms with E-state index in [4.69, 9.17) is 4.42 Å². The van der Waals surface area contributed by atoms with Gasteiger partial charge in [0.15, 0.2) is 5.58 Å². The molecule has 2 nitrogen and oxygen atoms in total. The van der Waals surface area contributed by atoms with E-state index in [2.05, 4.69) is 4.98 Å². The summed E-state index contributed by atoms with van der Waals surface area (Å²) in [6.45, 7) is 0. The Hall–Kier alpha value is -2.80. The molecule has 0 radical (unpaired) electrons. The first-order valence-electron chi connectivity index (χ1n) is 8.34. The van der Waals surface area contributed by atoms with Crippen molar-refractivity contribution >= 4 is 22.9 Å². The highest BCUT2D eigenvalue weighted by Gasteiger charge is 2.29. The number of hydrogen-bond acceptors (Lipinski definition) is 3. The van der Waals surface area contributed by atoms with Crippen molar-refractivity contribution < 1.29 is 22.0 Å². The molecule has 0 aliphatic heterocycles. The smallest absolute Gasteiger partial charge is 0.416 e. The molecule has 0 unspecified atom stereocenters. The Labute approximate surface area is 162 Å². The maximum Gasteiger partial charge on any atom is 0.416 e. The summed E-state index contributed by atoms with van der Waals surface area (Å²) in [6.07, 6.45) is -4.34. The molecule has 0 amide bonds. The molecular weight excluding hydrogens is 390 g/mol. The molecule has 4 aromatic rings. The van der Waals surface area contributed by atoms with Crippen LogP contribution in [0.5, 0.6) is 0 Å². The Balaban J connectivity index is 1.49. The molecule has 7 heteroatoms. The SMILES string of the molecule is Fc1ccc(-c2ccc3nc(SCc4ccc(C(F)(F)F)cc4)oc3c2)cc1. The summed E-state index contributed by atoms with van der Waals surface area (Å²) >= 11 is 1.31. The van der Waals surface area contributed by atoms with E-state index in [1.165, 1.54) is 36.0 Å². The topological polar surface area (TPSA) is 26.0 Å². The third-order valence-electron chi connectivity index (χ3n) is 4.19. The van der Waals surface area contributed by atoms with E-state index >= 15 is 0 Å². The van der Waals surface area contributed by atoms with Crippen molar-refractivity contribution in [2.75, 3.05) is 0 Å². The molecule has 4 rings (SSSR count). The fraction of sp³-hybridized carbons (Fsp3) is 0.0952. The molecule has 0 atom stereocenters. The Kier molecular flexibility index (Phi) is 4.85. The molecule has 3 aromatic carbocycles. The zero-order valence-electron chi connectivity index (χ0n) is 14.3. The standard InChI is InChI=1S/C21H13F4NOS/c22-17-8-3-14(4-9-17)15-5-10-18-19(11-15)27-20(26-18)28-12-13-1-6-16(7-2-13)21(23,24)25/h1-11H,12H2. The van der Waals surface area contributed by atoms with Crippen LogP contribution in [-0.2, 0) is 11.9 Å². The van der Waals surface area contributed by atoms with Gasteiger partial charge in [-0.15, -0.1) is 0 Å². The van der Waals surface area contributed by atoms with Gasteiger partial charge in [0, 0.05) is 5.75 Å². The predicted octanol–water partition coefficient (Wildman–Crippen LogP) is 6.95. The average molecular weight is 403 g/mol. The van der Waals surface area contributed by atoms with E-state index < -0.39 is 11.7 Å². The number of alkyl halides is 3. The second-order valence-corrected chi connectivity index (χ2v) is 7.08. The van der Waals surface area contributed by atoms with Crippen molar-refractivity contribution in [3.05, 3.63) is 83.7 Å². The van der Waals surface area contributed by atoms with Crippen molar-refractivity contribution in [3.63, 3.8) is 0 Å². The van der Waals surface area contributed by atoms with E-state index in [-0.39, 0.29) is 5.82 Å². The number of aromatic nitrogens is 1. The van der Waals surface area contributed by atoms with Crippen LogP contribution in [0.15, 0.2) is 76.4 Å². The van der Waals surface area contributed by atoms with Crippen LogP contribution in [0.2, 0.25) is 0 Å². The van der Waals surface area contributed by atoms with Crippen molar-refractivity contribution in [1.82, 2.24) is 4.98 Å². The summed E-state index contributed by atoms with van der Waals surface area (Å²) in [7, 11) is 0. The summed E-state index contributed by atoms with van der Waals surface area (Å²) in [4.78, 5) is 4.39. The van der Waals surface area contributed by atoms with Crippen molar-refractivity contribution in [1.29, 1.82) is 0 Å². The van der Waals surface area contributed by atoms with Crippen molar-refractivity contribution in [3.8, 4) is 11.1 Å². The molecule has 0 saturated heterocycles. The molecule has 0 aliphatic rings. The monoisotopic (exact) mass is 403 g/mol. The number of nitrogens with zero attached hydrogens (tertiary/aromatic N) is 1. The minimum absolute atomic E-state index is 0.300. The number of hydrogen-bond donors (Lipinski definition) is 0. The Bertz CT molecular complexity index is 1100. The second kappa shape index (κ2) is 7.31. The zero-order chi connectivity index (χ0) is 19.7. The van der Waals surface area contributed by atoms with Gasteiger partial charge in [0.25, 0.3) is 5.22 Å². The molecule has 142 valence electrons. The fourth-order valence-electron chi connectivity index (χ4n) is 2.72. The second-order valence-electron chi connectivity index (χ2n) is 6.15. The van der Waals surface area contributed by atoms with E-state index in [9.17, 15) is 17.6 Å². The lowest BCUT2D eigenvalue weighted by atomic mass is 10.1. The molecule has 0 fully saturated rings. The molecule has 28 heavy (non-hydrogen) atoms. The first kappa shape index (κ1) is 18.6. The fourth-order valence-corrected chi connectivity index (χ4v) is 3.52. The molecule has 1 aromatic heterocycles. The normalized spacial score (nSPS) is 11.9. The van der Waals surface area contributed by atoms with Crippen LogP contribution in [0, 0.1) is 5.82 Å². The first-order valence-corrected chi connectivity index (χ1v) is 9.32. The minimum atomic E-state index is -4.34. The highest BCUT2D eigenvalue weighted by atomic mass is 32.2. The molecule has 0 saturated carbocycles. The molecular formula is C21H13F4NOS. The summed E-state index contributed by atoms with van der Waals surface area (Å²) in [6, 6.07) is 16.7. The largest absolute Gasteiger partial charge is 0.431 e. The maximum absolute atomic E-state index is 13.1. The molecule has 0 aliphatic carbocycles. The van der Waals surface area contributed by atoms with Gasteiger partial charge in [-0.05, 0) is 53.1 Å². The predicted molar refractivity (Wildman–Crippen MR) is 100 cm³/mol. The number of halogens is 4. The summed E-state index contributed by atoms with van der Waals surface area (Å²) in [5, 5.41) is 0.436. The van der Waals surface area contributed by atoms with Gasteiger partial charge >= 0.3 is 6.18 Å². The third kappa shape index (κ3) is 4.04. The van der Waals surface area contributed by atoms with Gasteiger partial charge in [0.2, 0.25) is 0 Å². The van der Waals surface area contributed by atoms with E-state index in [1.807, 2.05) is 18.2 Å². The van der Waals surface area contributed by atoms with Crippen LogP contribution in [0.25, 0.3) is 22.2 Å². The van der Waals surface area contributed by atoms with Gasteiger partial charge in [-0.25, -0.2) is 9.37 Å². The number of benzene rings is 3. The quantitative estimate of drug-likeness (QED) is 0.273. The zero-order valence-corrected chi connectivity index (χ0v) is 15.2. The lowest BCUT2D eigenvalue weighted by Crippen LogP contribution is -2.04. The van der Waals surface area contributed by atoms with Gasteiger partial charge in [0.1, 0.15) is 11.3 Å². The lowest BCUT2D eigenvalue weighted by molar-refractivity contribution is -0.137. The summed E-state index contributed by atoms with van der Waals surface area (Å²) < 4.78 is 56.7. The number of thioether (sulfide) groups is 1. The molecule has 0 bridgehead atoms. The molecule has 0 spiro atoms. The van der Waals surface area contributed by atoms with Crippen LogP contribution in [-0.4, -0.2) is 4.98 Å². The average Bonchev–Trinajstić information content (AvgIpc) is 3.09. The Morgan fingerprint density at radius 3 is 2.21 bits per heavy atom. The highest BCUT2D eigenvalue weighted by Crippen LogP contribution is 2.32. The summed E-state index contributed by atoms with van der Waals surface area (Å²) in [5.74, 6) is 0.141. The van der Waals surface area contributed by atoms with Gasteiger partial charge in [-0.2, -0.15) is 13.2 Å². The van der Waals surface area contributed by atoms with Crippen molar-refractivity contribution in [2.45, 2.75) is 17.2 Å². The van der Waals surface area contributed by atoms with Crippen molar-refractivity contribution in [2.24, 2.45) is 0 Å². The van der Waals surface area contributed by atoms with Crippen LogP contribution >= 0.6 is 11.8 Å². The van der Waals surface area contributed by atoms with Gasteiger partial charge < -0.3 is 4.42 Å². The van der Waals surface area contributed by atoms with E-state index in [0.717, 1.165) is 28.8 Å². The van der Waals surface area contributed by atoms with Crippen LogP contribution in [0.3, 0.4) is 0 Å². The Morgan fingerprint density at radius 2 is 1.54 bits per heavy atom. The molecule has 1 heterocycles. The van der Waals surface area contributed by atoms with Gasteiger partial charge in [-0.3, -0.25) is 0 Å². The van der Waals surface area contributed by atoms with Crippen LogP contribution in [0.4, 0.5) is 17.6 Å². The third-order valence-corrected chi connectivity index (χ3v) is 5.09.